The average Bonchev–Trinajstić information content (AvgIpc) is 2.86. The van der Waals surface area contributed by atoms with Crippen LogP contribution in [0.2, 0.25) is 19.6 Å². The normalized spacial score (nSPS) is 14.9. The van der Waals surface area contributed by atoms with Gasteiger partial charge in [0.1, 0.15) is 0 Å². The van der Waals surface area contributed by atoms with Crippen molar-refractivity contribution in [2.75, 3.05) is 0 Å². The molecule has 0 saturated heterocycles. The summed E-state index contributed by atoms with van der Waals surface area (Å²) in [6.45, 7) is 23.9. The Hall–Kier alpha value is -1.63. The van der Waals surface area contributed by atoms with Crippen molar-refractivity contribution in [3.8, 4) is 0 Å². The van der Waals surface area contributed by atoms with Gasteiger partial charge in [-0.15, -0.1) is 0 Å². The SMILES string of the molecule is C[C]1[CH][CH][C]([Si](C)(C)C)[C](C(Cc2ccccc2)NCc2ccccc2)[CH]1.[C-]#[O+].[C-]#[O+].[C-]#[O+].[Cr]. The molecule has 2 aromatic rings. The van der Waals surface area contributed by atoms with E-state index < -0.39 is 8.07 Å². The maximum Gasteiger partial charge on any atom is 0 e. The molecule has 1 aliphatic carbocycles. The first kappa shape index (κ1) is 34.5. The minimum absolute atomic E-state index is 0. The number of benzene rings is 2. The molecule has 3 rings (SSSR count). The van der Waals surface area contributed by atoms with Gasteiger partial charge in [0.05, 0.1) is 8.07 Å². The summed E-state index contributed by atoms with van der Waals surface area (Å²) in [6.07, 6.45) is 8.06. The Morgan fingerprint density at radius 1 is 0.765 bits per heavy atom. The number of hydrogen-bond acceptors (Lipinski definition) is 1. The molecule has 0 spiro atoms. The van der Waals surface area contributed by atoms with Crippen molar-refractivity contribution in [3.05, 3.63) is 128 Å². The fraction of sp³-hybridized carbons (Fsp3) is 0.250. The van der Waals surface area contributed by atoms with Gasteiger partial charge in [0.25, 0.3) is 0 Å². The molecule has 1 atom stereocenters. The number of nitrogens with one attached hydrogen (secondary N) is 1. The van der Waals surface area contributed by atoms with Crippen LogP contribution in [-0.2, 0) is 44.3 Å². The second-order valence-electron chi connectivity index (χ2n) is 8.45. The third kappa shape index (κ3) is 12.2. The predicted molar refractivity (Wildman–Crippen MR) is 131 cm³/mol. The van der Waals surface area contributed by atoms with E-state index >= 15 is 0 Å². The molecule has 1 saturated carbocycles. The first-order chi connectivity index (χ1) is 15.9. The Kier molecular flexibility index (Phi) is 20.0. The molecule has 1 fully saturated rings. The van der Waals surface area contributed by atoms with Gasteiger partial charge in [-0.2, -0.15) is 0 Å². The van der Waals surface area contributed by atoms with Crippen molar-refractivity contribution in [1.29, 1.82) is 0 Å². The van der Waals surface area contributed by atoms with E-state index in [0.29, 0.717) is 6.04 Å². The smallest absolute Gasteiger partial charge is 0 e. The molecule has 0 aliphatic heterocycles. The first-order valence-corrected chi connectivity index (χ1v) is 14.0. The van der Waals surface area contributed by atoms with E-state index in [1.165, 1.54) is 23.0 Å². The molecular formula is C28H31CrNO3Si. The molecular weight excluding hydrogens is 478 g/mol. The Bertz CT molecular complexity index is 804. The van der Waals surface area contributed by atoms with Crippen LogP contribution < -0.4 is 5.32 Å². The summed E-state index contributed by atoms with van der Waals surface area (Å²) in [4.78, 5) is 0. The largest absolute Gasteiger partial charge is 0 e. The fourth-order valence-electron chi connectivity index (χ4n) is 3.63. The third-order valence-electron chi connectivity index (χ3n) is 5.07. The van der Waals surface area contributed by atoms with Gasteiger partial charge in [-0.25, -0.2) is 0 Å². The van der Waals surface area contributed by atoms with E-state index in [-0.39, 0.29) is 17.4 Å². The molecule has 1 N–H and O–H groups in total. The van der Waals surface area contributed by atoms with Crippen LogP contribution in [0.25, 0.3) is 0 Å². The average molecular weight is 510 g/mol. The minimum atomic E-state index is -1.43. The summed E-state index contributed by atoms with van der Waals surface area (Å²) in [7, 11) is -1.43. The molecule has 2 aromatic carbocycles. The Morgan fingerprint density at radius 3 is 1.71 bits per heavy atom. The van der Waals surface area contributed by atoms with Crippen molar-refractivity contribution < 1.29 is 31.3 Å². The quantitative estimate of drug-likeness (QED) is 0.298. The van der Waals surface area contributed by atoms with Gasteiger partial charge in [-0.3, -0.25) is 0 Å². The minimum Gasteiger partial charge on any atom is 0 e. The Labute approximate surface area is 218 Å². The zero-order valence-corrected chi connectivity index (χ0v) is 22.4. The monoisotopic (exact) mass is 509 g/mol. The molecule has 0 bridgehead atoms. The molecule has 176 valence electrons. The molecule has 1 aliphatic rings. The van der Waals surface area contributed by atoms with Crippen LogP contribution in [0.5, 0.6) is 0 Å². The maximum atomic E-state index is 7.50. The molecule has 1 unspecified atom stereocenters. The molecule has 0 amide bonds. The van der Waals surface area contributed by atoms with Gasteiger partial charge in [-0.05, 0) is 48.3 Å². The molecule has 4 nitrogen and oxygen atoms in total. The van der Waals surface area contributed by atoms with Gasteiger partial charge in [-0.1, -0.05) is 87.2 Å². The second-order valence-corrected chi connectivity index (χ2v) is 13.5. The van der Waals surface area contributed by atoms with Crippen LogP contribution in [0.15, 0.2) is 60.7 Å². The molecule has 6 radical (unpaired) electrons. The van der Waals surface area contributed by atoms with Crippen LogP contribution in [-0.4, -0.2) is 14.1 Å². The first-order valence-electron chi connectivity index (χ1n) is 10.5. The summed E-state index contributed by atoms with van der Waals surface area (Å²) in [5, 5.41) is 3.86. The van der Waals surface area contributed by atoms with Crippen LogP contribution in [0.4, 0.5) is 0 Å². The number of rotatable bonds is 7. The van der Waals surface area contributed by atoms with Crippen LogP contribution in [0.1, 0.15) is 18.1 Å². The third-order valence-corrected chi connectivity index (χ3v) is 7.14. The predicted octanol–water partition coefficient (Wildman–Crippen LogP) is 5.52. The van der Waals surface area contributed by atoms with E-state index in [1.54, 1.807) is 5.54 Å². The summed E-state index contributed by atoms with van der Waals surface area (Å²) in [5.74, 6) is 2.82. The van der Waals surface area contributed by atoms with E-state index in [4.69, 9.17) is 14.0 Å². The Morgan fingerprint density at radius 2 is 1.24 bits per heavy atom. The molecule has 0 aromatic heterocycles. The van der Waals surface area contributed by atoms with Crippen molar-refractivity contribution >= 4 is 8.07 Å². The van der Waals surface area contributed by atoms with E-state index in [0.717, 1.165) is 13.0 Å². The van der Waals surface area contributed by atoms with Gasteiger partial charge >= 0.3 is 33.9 Å². The summed E-state index contributed by atoms with van der Waals surface area (Å²) >= 11 is 0. The zero-order valence-electron chi connectivity index (χ0n) is 20.1. The molecule has 0 heterocycles. The molecule has 6 heteroatoms. The van der Waals surface area contributed by atoms with E-state index in [9.17, 15) is 0 Å². The fourth-order valence-corrected chi connectivity index (χ4v) is 5.33. The standard InChI is InChI=1S/C25H31NSi.3CO.Cr/c1-20-15-16-25(27(2,3)4)23(17-20)24(18-21-11-7-5-8-12-21)26-19-22-13-9-6-10-14-22;3*1-2;/h5-17,24,26H,18-19H2,1-4H3;;;;. The number of hydrogen-bond donors (Lipinski definition) is 1. The summed E-state index contributed by atoms with van der Waals surface area (Å²) < 4.78 is 22.5. The van der Waals surface area contributed by atoms with Crippen molar-refractivity contribution in [1.82, 2.24) is 5.32 Å². The molecule has 34 heavy (non-hydrogen) atoms. The van der Waals surface area contributed by atoms with Crippen LogP contribution in [0.3, 0.4) is 0 Å². The van der Waals surface area contributed by atoms with Gasteiger partial charge in [0, 0.05) is 35.9 Å². The van der Waals surface area contributed by atoms with Crippen molar-refractivity contribution in [3.63, 3.8) is 0 Å². The summed E-state index contributed by atoms with van der Waals surface area (Å²) in [6, 6.07) is 21.9. The topological polar surface area (TPSA) is 71.7 Å². The van der Waals surface area contributed by atoms with Gasteiger partial charge in [0.15, 0.2) is 0 Å². The van der Waals surface area contributed by atoms with Crippen LogP contribution in [0, 0.1) is 56.6 Å². The van der Waals surface area contributed by atoms with Crippen LogP contribution >= 0.6 is 0 Å². The van der Waals surface area contributed by atoms with E-state index in [1.807, 2.05) is 0 Å². The maximum absolute atomic E-state index is 7.50. The van der Waals surface area contributed by atoms with Gasteiger partial charge < -0.3 is 5.32 Å². The second kappa shape index (κ2) is 19.7. The zero-order chi connectivity index (χ0) is 25.3. The Balaban J connectivity index is 0. The van der Waals surface area contributed by atoms with Gasteiger partial charge in [0.2, 0.25) is 0 Å². The van der Waals surface area contributed by atoms with E-state index in [2.05, 4.69) is 132 Å². The van der Waals surface area contributed by atoms with Crippen molar-refractivity contribution in [2.45, 2.75) is 45.6 Å². The van der Waals surface area contributed by atoms with Crippen molar-refractivity contribution in [2.24, 2.45) is 0 Å². The summed E-state index contributed by atoms with van der Waals surface area (Å²) in [5.41, 5.74) is 4.28.